The molecule has 1 N–H and O–H groups in total. The molecular formula is C13H15IN4. The molecule has 94 valence electrons. The zero-order valence-corrected chi connectivity index (χ0v) is 12.6. The summed E-state index contributed by atoms with van der Waals surface area (Å²) in [7, 11) is 1.88. The minimum atomic E-state index is 0.733. The predicted octanol–water partition coefficient (Wildman–Crippen LogP) is 3.14. The second kappa shape index (κ2) is 6.08. The van der Waals surface area contributed by atoms with Crippen LogP contribution in [0, 0.1) is 3.57 Å². The Morgan fingerprint density at radius 1 is 1.33 bits per heavy atom. The topological polar surface area (TPSA) is 50.7 Å². The van der Waals surface area contributed by atoms with Crippen molar-refractivity contribution in [3.8, 4) is 11.4 Å². The van der Waals surface area contributed by atoms with Crippen LogP contribution in [0.15, 0.2) is 24.5 Å². The van der Waals surface area contributed by atoms with Gasteiger partial charge in [-0.05, 0) is 41.1 Å². The third-order valence-electron chi connectivity index (χ3n) is 2.56. The minimum Gasteiger partial charge on any atom is -0.372 e. The van der Waals surface area contributed by atoms with Crippen molar-refractivity contribution < 1.29 is 0 Å². The molecule has 0 saturated carbocycles. The normalized spacial score (nSPS) is 10.4. The predicted molar refractivity (Wildman–Crippen MR) is 81.5 cm³/mol. The van der Waals surface area contributed by atoms with Crippen molar-refractivity contribution in [3.05, 3.63) is 33.8 Å². The van der Waals surface area contributed by atoms with Gasteiger partial charge < -0.3 is 5.32 Å². The number of aryl methyl sites for hydroxylation is 1. The Bertz CT molecular complexity index is 528. The van der Waals surface area contributed by atoms with Gasteiger partial charge >= 0.3 is 0 Å². The van der Waals surface area contributed by atoms with Crippen molar-refractivity contribution >= 4 is 28.4 Å². The highest BCUT2D eigenvalue weighted by atomic mass is 127. The molecular weight excluding hydrogens is 339 g/mol. The zero-order chi connectivity index (χ0) is 13.0. The van der Waals surface area contributed by atoms with Crippen LogP contribution in [0.2, 0.25) is 0 Å². The van der Waals surface area contributed by atoms with Crippen LogP contribution in [0.4, 0.5) is 5.82 Å². The largest absolute Gasteiger partial charge is 0.372 e. The molecule has 18 heavy (non-hydrogen) atoms. The number of hydrogen-bond acceptors (Lipinski definition) is 4. The Morgan fingerprint density at radius 2 is 2.17 bits per heavy atom. The molecule has 5 heteroatoms. The summed E-state index contributed by atoms with van der Waals surface area (Å²) in [6.45, 7) is 2.15. The lowest BCUT2D eigenvalue weighted by atomic mass is 10.2. The first-order chi connectivity index (χ1) is 8.76. The van der Waals surface area contributed by atoms with Gasteiger partial charge in [-0.25, -0.2) is 9.97 Å². The third kappa shape index (κ3) is 2.77. The van der Waals surface area contributed by atoms with E-state index in [1.54, 1.807) is 12.4 Å². The molecule has 0 aliphatic carbocycles. The summed E-state index contributed by atoms with van der Waals surface area (Å²) < 4.78 is 1.10. The average Bonchev–Trinajstić information content (AvgIpc) is 2.42. The lowest BCUT2D eigenvalue weighted by molar-refractivity contribution is 0.868. The number of aromatic nitrogens is 3. The van der Waals surface area contributed by atoms with Crippen molar-refractivity contribution in [1.29, 1.82) is 0 Å². The van der Waals surface area contributed by atoms with Crippen molar-refractivity contribution in [2.24, 2.45) is 0 Å². The first kappa shape index (κ1) is 13.2. The van der Waals surface area contributed by atoms with Gasteiger partial charge in [0.25, 0.3) is 0 Å². The molecule has 0 radical (unpaired) electrons. The van der Waals surface area contributed by atoms with Gasteiger partial charge in [0, 0.05) is 25.0 Å². The van der Waals surface area contributed by atoms with E-state index in [2.05, 4.69) is 49.8 Å². The van der Waals surface area contributed by atoms with E-state index in [-0.39, 0.29) is 0 Å². The lowest BCUT2D eigenvalue weighted by Gasteiger charge is -2.10. The molecule has 0 unspecified atom stereocenters. The van der Waals surface area contributed by atoms with Gasteiger partial charge in [0.15, 0.2) is 5.82 Å². The Balaban J connectivity index is 2.52. The Kier molecular flexibility index (Phi) is 4.46. The lowest BCUT2D eigenvalue weighted by Crippen LogP contribution is -2.05. The van der Waals surface area contributed by atoms with Gasteiger partial charge in [-0.1, -0.05) is 13.3 Å². The molecule has 2 rings (SSSR count). The zero-order valence-electron chi connectivity index (χ0n) is 10.4. The highest BCUT2D eigenvalue weighted by molar-refractivity contribution is 14.1. The minimum absolute atomic E-state index is 0.733. The maximum atomic E-state index is 4.64. The van der Waals surface area contributed by atoms with Gasteiger partial charge in [0.2, 0.25) is 0 Å². The highest BCUT2D eigenvalue weighted by Crippen LogP contribution is 2.24. The van der Waals surface area contributed by atoms with E-state index in [0.717, 1.165) is 39.3 Å². The maximum absolute atomic E-state index is 4.64. The molecule has 0 atom stereocenters. The molecule has 0 amide bonds. The number of rotatable bonds is 4. The molecule has 0 aliphatic rings. The second-order valence-corrected chi connectivity index (χ2v) is 4.98. The van der Waals surface area contributed by atoms with Crippen LogP contribution in [0.5, 0.6) is 0 Å². The van der Waals surface area contributed by atoms with Crippen LogP contribution >= 0.6 is 22.6 Å². The first-order valence-electron chi connectivity index (χ1n) is 5.90. The Labute approximate surface area is 120 Å². The van der Waals surface area contributed by atoms with Crippen LogP contribution < -0.4 is 5.32 Å². The SMILES string of the molecule is CCCc1nc(-c2cccnc2)nc(NC)c1I. The summed E-state index contributed by atoms with van der Waals surface area (Å²) in [5.41, 5.74) is 2.04. The van der Waals surface area contributed by atoms with E-state index in [1.165, 1.54) is 0 Å². The summed E-state index contributed by atoms with van der Waals surface area (Å²) in [5.74, 6) is 1.62. The van der Waals surface area contributed by atoms with E-state index < -0.39 is 0 Å². The molecule has 2 aromatic rings. The summed E-state index contributed by atoms with van der Waals surface area (Å²) in [5, 5.41) is 3.13. The summed E-state index contributed by atoms with van der Waals surface area (Å²) >= 11 is 2.30. The molecule has 0 aliphatic heterocycles. The van der Waals surface area contributed by atoms with E-state index in [9.17, 15) is 0 Å². The fourth-order valence-corrected chi connectivity index (χ4v) is 2.47. The standard InChI is InChI=1S/C13H15IN4/c1-3-5-10-11(14)13(15-2)18-12(17-10)9-6-4-7-16-8-9/h4,6-8H,3,5H2,1-2H3,(H,15,17,18). The Morgan fingerprint density at radius 3 is 2.78 bits per heavy atom. The molecule has 0 bridgehead atoms. The van der Waals surface area contributed by atoms with Crippen molar-refractivity contribution in [1.82, 2.24) is 15.0 Å². The molecule has 2 heterocycles. The molecule has 0 spiro atoms. The van der Waals surface area contributed by atoms with Crippen LogP contribution in [-0.2, 0) is 6.42 Å². The summed E-state index contributed by atoms with van der Waals surface area (Å²) in [6.07, 6.45) is 5.57. The van der Waals surface area contributed by atoms with Gasteiger partial charge in [-0.15, -0.1) is 0 Å². The van der Waals surface area contributed by atoms with E-state index >= 15 is 0 Å². The van der Waals surface area contributed by atoms with E-state index in [0.29, 0.717) is 0 Å². The monoisotopic (exact) mass is 354 g/mol. The van der Waals surface area contributed by atoms with Crippen LogP contribution in [-0.4, -0.2) is 22.0 Å². The summed E-state index contributed by atoms with van der Waals surface area (Å²) in [6, 6.07) is 3.87. The van der Waals surface area contributed by atoms with Crippen LogP contribution in [0.1, 0.15) is 19.0 Å². The van der Waals surface area contributed by atoms with Crippen LogP contribution in [0.3, 0.4) is 0 Å². The first-order valence-corrected chi connectivity index (χ1v) is 6.98. The number of nitrogens with zero attached hydrogens (tertiary/aromatic N) is 3. The van der Waals surface area contributed by atoms with E-state index in [4.69, 9.17) is 0 Å². The molecule has 0 aromatic carbocycles. The van der Waals surface area contributed by atoms with E-state index in [1.807, 2.05) is 19.2 Å². The molecule has 2 aromatic heterocycles. The van der Waals surface area contributed by atoms with Crippen molar-refractivity contribution in [3.63, 3.8) is 0 Å². The quantitative estimate of drug-likeness (QED) is 0.858. The smallest absolute Gasteiger partial charge is 0.163 e. The van der Waals surface area contributed by atoms with Gasteiger partial charge in [-0.3, -0.25) is 4.98 Å². The number of pyridine rings is 1. The van der Waals surface area contributed by atoms with Gasteiger partial charge in [-0.2, -0.15) is 0 Å². The van der Waals surface area contributed by atoms with Crippen molar-refractivity contribution in [2.45, 2.75) is 19.8 Å². The average molecular weight is 354 g/mol. The van der Waals surface area contributed by atoms with Gasteiger partial charge in [0.1, 0.15) is 5.82 Å². The molecule has 0 saturated heterocycles. The van der Waals surface area contributed by atoms with Crippen molar-refractivity contribution in [2.75, 3.05) is 12.4 Å². The molecule has 0 fully saturated rings. The fraction of sp³-hybridized carbons (Fsp3) is 0.308. The summed E-state index contributed by atoms with van der Waals surface area (Å²) in [4.78, 5) is 13.3. The second-order valence-electron chi connectivity index (χ2n) is 3.90. The Hall–Kier alpha value is -1.24. The number of halogens is 1. The molecule has 4 nitrogen and oxygen atoms in total. The van der Waals surface area contributed by atoms with Gasteiger partial charge in [0.05, 0.1) is 9.26 Å². The maximum Gasteiger partial charge on any atom is 0.163 e. The number of nitrogens with one attached hydrogen (secondary N) is 1. The number of anilines is 1. The highest BCUT2D eigenvalue weighted by Gasteiger charge is 2.11. The third-order valence-corrected chi connectivity index (χ3v) is 3.70. The fourth-order valence-electron chi connectivity index (χ4n) is 1.69. The van der Waals surface area contributed by atoms with Crippen LogP contribution in [0.25, 0.3) is 11.4 Å². The number of hydrogen-bond donors (Lipinski definition) is 1.